The van der Waals surface area contributed by atoms with Crippen LogP contribution in [0, 0.1) is 6.92 Å². The maximum Gasteiger partial charge on any atom is 0.120 e. The van der Waals surface area contributed by atoms with E-state index in [0.717, 1.165) is 11.3 Å². The molecule has 1 aromatic rings. The number of ether oxygens (including phenoxy) is 1. The predicted molar refractivity (Wildman–Crippen MR) is 51.3 cm³/mol. The second kappa shape index (κ2) is 3.18. The van der Waals surface area contributed by atoms with Gasteiger partial charge in [-0.25, -0.2) is 0 Å². The van der Waals surface area contributed by atoms with Crippen LogP contribution in [0.3, 0.4) is 0 Å². The first-order chi connectivity index (χ1) is 5.47. The van der Waals surface area contributed by atoms with Crippen LogP contribution in [0.5, 0.6) is 5.75 Å². The molecule has 0 unspecified atom stereocenters. The van der Waals surface area contributed by atoms with Crippen LogP contribution in [0.25, 0.3) is 0 Å². The Labute approximate surface area is 74.4 Å². The van der Waals surface area contributed by atoms with Crippen LogP contribution in [0.2, 0.25) is 0 Å². The topological polar surface area (TPSA) is 9.23 Å². The molecular formula is C11H15O. The zero-order chi connectivity index (χ0) is 9.19. The Hall–Kier alpha value is -0.980. The Morgan fingerprint density at radius 2 is 1.92 bits per heavy atom. The third kappa shape index (κ3) is 2.95. The lowest BCUT2D eigenvalue weighted by Crippen LogP contribution is -2.22. The molecule has 65 valence electrons. The van der Waals surface area contributed by atoms with Gasteiger partial charge in [0, 0.05) is 0 Å². The van der Waals surface area contributed by atoms with Crippen molar-refractivity contribution < 1.29 is 4.74 Å². The van der Waals surface area contributed by atoms with Gasteiger partial charge in [0.15, 0.2) is 0 Å². The second-order valence-corrected chi connectivity index (χ2v) is 3.86. The van der Waals surface area contributed by atoms with Gasteiger partial charge in [0.2, 0.25) is 0 Å². The van der Waals surface area contributed by atoms with Crippen molar-refractivity contribution in [3.8, 4) is 5.75 Å². The summed E-state index contributed by atoms with van der Waals surface area (Å²) in [4.78, 5) is 0. The average Bonchev–Trinajstić information content (AvgIpc) is 1.82. The van der Waals surface area contributed by atoms with Gasteiger partial charge in [-0.05, 0) is 45.4 Å². The van der Waals surface area contributed by atoms with E-state index in [2.05, 4.69) is 6.92 Å². The van der Waals surface area contributed by atoms with Crippen LogP contribution in [-0.2, 0) is 0 Å². The lowest BCUT2D eigenvalue weighted by molar-refractivity contribution is 0.131. The summed E-state index contributed by atoms with van der Waals surface area (Å²) in [5.41, 5.74) is 0.852. The molecule has 1 heteroatoms. The Morgan fingerprint density at radius 3 is 2.42 bits per heavy atom. The minimum Gasteiger partial charge on any atom is -0.488 e. The molecule has 0 atom stereocenters. The van der Waals surface area contributed by atoms with Gasteiger partial charge in [0.1, 0.15) is 11.4 Å². The standard InChI is InChI=1S/C11H15O/c1-9-6-5-7-10(8-9)12-11(2,3)4/h5-8H,1H2,2-4H3. The molecular weight excluding hydrogens is 148 g/mol. The maximum absolute atomic E-state index is 5.64. The van der Waals surface area contributed by atoms with Crippen LogP contribution in [0.4, 0.5) is 0 Å². The Kier molecular flexibility index (Phi) is 2.41. The van der Waals surface area contributed by atoms with E-state index in [0.29, 0.717) is 0 Å². The summed E-state index contributed by atoms with van der Waals surface area (Å²) in [5.74, 6) is 0.884. The van der Waals surface area contributed by atoms with Gasteiger partial charge in [-0.2, -0.15) is 0 Å². The molecule has 0 spiro atoms. The summed E-state index contributed by atoms with van der Waals surface area (Å²) in [6, 6.07) is 7.78. The molecule has 0 fully saturated rings. The summed E-state index contributed by atoms with van der Waals surface area (Å²) in [5, 5.41) is 0. The van der Waals surface area contributed by atoms with E-state index in [1.807, 2.05) is 45.0 Å². The van der Waals surface area contributed by atoms with Crippen LogP contribution in [-0.4, -0.2) is 5.60 Å². The van der Waals surface area contributed by atoms with E-state index in [1.54, 1.807) is 0 Å². The van der Waals surface area contributed by atoms with Gasteiger partial charge in [0.25, 0.3) is 0 Å². The van der Waals surface area contributed by atoms with Crippen molar-refractivity contribution in [1.29, 1.82) is 0 Å². The summed E-state index contributed by atoms with van der Waals surface area (Å²) in [6.07, 6.45) is 0. The van der Waals surface area contributed by atoms with Crippen LogP contribution >= 0.6 is 0 Å². The molecule has 0 heterocycles. The summed E-state index contributed by atoms with van der Waals surface area (Å²) in [7, 11) is 0. The zero-order valence-electron chi connectivity index (χ0n) is 7.92. The highest BCUT2D eigenvalue weighted by Crippen LogP contribution is 2.18. The van der Waals surface area contributed by atoms with Crippen molar-refractivity contribution >= 4 is 0 Å². The van der Waals surface area contributed by atoms with Crippen LogP contribution < -0.4 is 4.74 Å². The fourth-order valence-electron chi connectivity index (χ4n) is 0.963. The van der Waals surface area contributed by atoms with Crippen LogP contribution in [0.1, 0.15) is 26.3 Å². The molecule has 0 aromatic heterocycles. The van der Waals surface area contributed by atoms with Gasteiger partial charge in [-0.15, -0.1) is 0 Å². The lowest BCUT2D eigenvalue weighted by atomic mass is 10.2. The monoisotopic (exact) mass is 163 g/mol. The lowest BCUT2D eigenvalue weighted by Gasteiger charge is -2.21. The smallest absolute Gasteiger partial charge is 0.120 e. The Bertz CT molecular complexity index is 258. The van der Waals surface area contributed by atoms with Crippen LogP contribution in [0.15, 0.2) is 24.3 Å². The van der Waals surface area contributed by atoms with E-state index < -0.39 is 0 Å². The minimum absolute atomic E-state index is 0.131. The summed E-state index contributed by atoms with van der Waals surface area (Å²) in [6.45, 7) is 9.92. The molecule has 0 bridgehead atoms. The van der Waals surface area contributed by atoms with E-state index in [9.17, 15) is 0 Å². The van der Waals surface area contributed by atoms with E-state index >= 15 is 0 Å². The SMILES string of the molecule is [CH2]c1cccc(OC(C)(C)C)c1. The predicted octanol–water partition coefficient (Wildman–Crippen LogP) is 3.05. The molecule has 1 aromatic carbocycles. The molecule has 0 amide bonds. The van der Waals surface area contributed by atoms with Crippen molar-refractivity contribution in [2.24, 2.45) is 0 Å². The van der Waals surface area contributed by atoms with Crippen molar-refractivity contribution in [3.63, 3.8) is 0 Å². The molecule has 0 N–H and O–H groups in total. The first-order valence-electron chi connectivity index (χ1n) is 4.08. The molecule has 0 aliphatic carbocycles. The largest absolute Gasteiger partial charge is 0.488 e. The van der Waals surface area contributed by atoms with E-state index in [4.69, 9.17) is 4.74 Å². The van der Waals surface area contributed by atoms with Gasteiger partial charge in [-0.1, -0.05) is 12.1 Å². The normalized spacial score (nSPS) is 11.3. The second-order valence-electron chi connectivity index (χ2n) is 3.86. The third-order valence-electron chi connectivity index (χ3n) is 1.32. The summed E-state index contributed by atoms with van der Waals surface area (Å²) < 4.78 is 5.64. The highest BCUT2D eigenvalue weighted by molar-refractivity contribution is 5.30. The molecule has 1 rings (SSSR count). The maximum atomic E-state index is 5.64. The fraction of sp³-hybridized carbons (Fsp3) is 0.364. The number of hydrogen-bond donors (Lipinski definition) is 0. The third-order valence-corrected chi connectivity index (χ3v) is 1.32. The first-order valence-corrected chi connectivity index (χ1v) is 4.08. The van der Waals surface area contributed by atoms with Crippen molar-refractivity contribution in [2.45, 2.75) is 26.4 Å². The van der Waals surface area contributed by atoms with E-state index in [1.165, 1.54) is 0 Å². The Balaban J connectivity index is 2.77. The van der Waals surface area contributed by atoms with Gasteiger partial charge in [0.05, 0.1) is 0 Å². The van der Waals surface area contributed by atoms with Gasteiger partial charge in [-0.3, -0.25) is 0 Å². The Morgan fingerprint density at radius 1 is 1.25 bits per heavy atom. The molecule has 0 aliphatic rings. The highest BCUT2D eigenvalue weighted by atomic mass is 16.5. The van der Waals surface area contributed by atoms with Crippen molar-refractivity contribution in [1.82, 2.24) is 0 Å². The molecule has 0 saturated carbocycles. The van der Waals surface area contributed by atoms with Crippen molar-refractivity contribution in [2.75, 3.05) is 0 Å². The number of benzene rings is 1. The molecule has 1 radical (unpaired) electrons. The van der Waals surface area contributed by atoms with E-state index in [-0.39, 0.29) is 5.60 Å². The van der Waals surface area contributed by atoms with Crippen molar-refractivity contribution in [3.05, 3.63) is 36.8 Å². The quantitative estimate of drug-likeness (QED) is 0.618. The minimum atomic E-state index is -0.131. The molecule has 12 heavy (non-hydrogen) atoms. The highest BCUT2D eigenvalue weighted by Gasteiger charge is 2.10. The molecule has 0 saturated heterocycles. The average molecular weight is 163 g/mol. The summed E-state index contributed by atoms with van der Waals surface area (Å²) >= 11 is 0. The number of hydrogen-bond acceptors (Lipinski definition) is 1. The first kappa shape index (κ1) is 9.11. The number of rotatable bonds is 1. The molecule has 1 nitrogen and oxygen atoms in total. The molecule has 0 aliphatic heterocycles. The zero-order valence-corrected chi connectivity index (χ0v) is 7.92. The van der Waals surface area contributed by atoms with Gasteiger partial charge >= 0.3 is 0 Å². The van der Waals surface area contributed by atoms with Gasteiger partial charge < -0.3 is 4.74 Å². The fourth-order valence-corrected chi connectivity index (χ4v) is 0.963.